The van der Waals surface area contributed by atoms with Crippen molar-refractivity contribution in [1.29, 1.82) is 0 Å². The standard InChI is InChI=1S/C18H25NO3/c1-14(2)16-11-9-15(10-12-16)6-5-7-17(20)19-13-4-3-8-18(21)22/h5-6,9-12,14H,3-4,7-8,13H2,1-2H3,(H,19,20)(H,21,22)/b6-5+. The molecule has 0 aliphatic heterocycles. The van der Waals surface area contributed by atoms with Gasteiger partial charge in [-0.25, -0.2) is 0 Å². The number of unbranched alkanes of at least 4 members (excludes halogenated alkanes) is 1. The predicted molar refractivity (Wildman–Crippen MR) is 88.7 cm³/mol. The lowest BCUT2D eigenvalue weighted by Crippen LogP contribution is -2.23. The Balaban J connectivity index is 2.24. The van der Waals surface area contributed by atoms with E-state index in [1.165, 1.54) is 5.56 Å². The molecule has 1 rings (SSSR count). The van der Waals surface area contributed by atoms with Crippen molar-refractivity contribution in [2.45, 2.75) is 45.4 Å². The van der Waals surface area contributed by atoms with Crippen LogP contribution in [0.5, 0.6) is 0 Å². The van der Waals surface area contributed by atoms with Gasteiger partial charge < -0.3 is 10.4 Å². The number of hydrogen-bond acceptors (Lipinski definition) is 2. The van der Waals surface area contributed by atoms with Crippen LogP contribution < -0.4 is 5.32 Å². The zero-order valence-corrected chi connectivity index (χ0v) is 13.3. The largest absolute Gasteiger partial charge is 0.481 e. The monoisotopic (exact) mass is 303 g/mol. The van der Waals surface area contributed by atoms with E-state index in [-0.39, 0.29) is 12.3 Å². The lowest BCUT2D eigenvalue weighted by molar-refractivity contribution is -0.137. The van der Waals surface area contributed by atoms with Crippen molar-refractivity contribution in [3.63, 3.8) is 0 Å². The third-order valence-corrected chi connectivity index (χ3v) is 3.36. The molecule has 0 spiro atoms. The highest BCUT2D eigenvalue weighted by atomic mass is 16.4. The zero-order chi connectivity index (χ0) is 16.4. The number of amides is 1. The zero-order valence-electron chi connectivity index (χ0n) is 13.3. The van der Waals surface area contributed by atoms with Crippen molar-refractivity contribution in [1.82, 2.24) is 5.32 Å². The third kappa shape index (κ3) is 7.62. The van der Waals surface area contributed by atoms with Crippen LogP contribution in [0.25, 0.3) is 6.08 Å². The van der Waals surface area contributed by atoms with Crippen LogP contribution in [0.15, 0.2) is 30.3 Å². The summed E-state index contributed by atoms with van der Waals surface area (Å²) in [6, 6.07) is 8.31. The second-order valence-electron chi connectivity index (χ2n) is 5.63. The summed E-state index contributed by atoms with van der Waals surface area (Å²) in [7, 11) is 0. The number of aliphatic carboxylic acids is 1. The van der Waals surface area contributed by atoms with E-state index < -0.39 is 5.97 Å². The molecule has 4 heteroatoms. The molecule has 0 fully saturated rings. The first-order chi connectivity index (χ1) is 10.5. The van der Waals surface area contributed by atoms with Crippen LogP contribution in [-0.2, 0) is 9.59 Å². The first-order valence-electron chi connectivity index (χ1n) is 7.74. The molecule has 1 aromatic rings. The van der Waals surface area contributed by atoms with Gasteiger partial charge in [-0.1, -0.05) is 50.3 Å². The van der Waals surface area contributed by atoms with Crippen LogP contribution in [0.1, 0.15) is 56.6 Å². The minimum absolute atomic E-state index is 0.0367. The molecule has 0 saturated heterocycles. The molecule has 4 nitrogen and oxygen atoms in total. The Morgan fingerprint density at radius 3 is 2.45 bits per heavy atom. The summed E-state index contributed by atoms with van der Waals surface area (Å²) in [5.74, 6) is -0.312. The molecular weight excluding hydrogens is 278 g/mol. The molecule has 0 aromatic heterocycles. The summed E-state index contributed by atoms with van der Waals surface area (Å²) in [5.41, 5.74) is 2.38. The number of carboxylic acid groups (broad SMARTS) is 1. The van der Waals surface area contributed by atoms with Gasteiger partial charge >= 0.3 is 5.97 Å². The molecule has 1 amide bonds. The number of carbonyl (C=O) groups excluding carboxylic acids is 1. The summed E-state index contributed by atoms with van der Waals surface area (Å²) in [5, 5.41) is 11.3. The van der Waals surface area contributed by atoms with E-state index in [0.717, 1.165) is 5.56 Å². The van der Waals surface area contributed by atoms with Gasteiger partial charge in [-0.3, -0.25) is 9.59 Å². The van der Waals surface area contributed by atoms with Gasteiger partial charge in [0, 0.05) is 19.4 Å². The fourth-order valence-corrected chi connectivity index (χ4v) is 2.00. The molecule has 22 heavy (non-hydrogen) atoms. The van der Waals surface area contributed by atoms with Crippen LogP contribution in [0.2, 0.25) is 0 Å². The highest BCUT2D eigenvalue weighted by molar-refractivity contribution is 5.78. The first kappa shape index (κ1) is 18.0. The molecule has 0 aliphatic carbocycles. The average Bonchev–Trinajstić information content (AvgIpc) is 2.47. The Kier molecular flexibility index (Phi) is 7.97. The van der Waals surface area contributed by atoms with E-state index in [0.29, 0.717) is 31.7 Å². The molecule has 2 N–H and O–H groups in total. The summed E-state index contributed by atoms with van der Waals surface area (Å²) in [4.78, 5) is 21.9. The minimum Gasteiger partial charge on any atom is -0.481 e. The predicted octanol–water partition coefficient (Wildman–Crippen LogP) is 3.58. The third-order valence-electron chi connectivity index (χ3n) is 3.36. The molecule has 0 heterocycles. The van der Waals surface area contributed by atoms with E-state index in [1.54, 1.807) is 0 Å². The molecule has 0 radical (unpaired) electrons. The van der Waals surface area contributed by atoms with Gasteiger partial charge in [-0.15, -0.1) is 0 Å². The van der Waals surface area contributed by atoms with E-state index in [2.05, 4.69) is 43.4 Å². The summed E-state index contributed by atoms with van der Waals surface area (Å²) >= 11 is 0. The maximum Gasteiger partial charge on any atom is 0.303 e. The topological polar surface area (TPSA) is 66.4 Å². The lowest BCUT2D eigenvalue weighted by Gasteiger charge is -2.04. The second kappa shape index (κ2) is 9.77. The van der Waals surface area contributed by atoms with Gasteiger partial charge in [0.05, 0.1) is 0 Å². The van der Waals surface area contributed by atoms with Gasteiger partial charge in [0.25, 0.3) is 0 Å². The summed E-state index contributed by atoms with van der Waals surface area (Å²) in [6.07, 6.45) is 5.56. The second-order valence-corrected chi connectivity index (χ2v) is 5.63. The van der Waals surface area contributed by atoms with Gasteiger partial charge in [0.1, 0.15) is 0 Å². The number of rotatable bonds is 9. The molecule has 0 bridgehead atoms. The van der Waals surface area contributed by atoms with Crippen molar-refractivity contribution < 1.29 is 14.7 Å². The first-order valence-corrected chi connectivity index (χ1v) is 7.74. The van der Waals surface area contributed by atoms with E-state index in [1.807, 2.05) is 12.2 Å². The highest BCUT2D eigenvalue weighted by Gasteiger charge is 2.00. The van der Waals surface area contributed by atoms with Crippen LogP contribution >= 0.6 is 0 Å². The van der Waals surface area contributed by atoms with Gasteiger partial charge in [-0.2, -0.15) is 0 Å². The number of nitrogens with one attached hydrogen (secondary N) is 1. The molecule has 0 unspecified atom stereocenters. The van der Waals surface area contributed by atoms with Crippen molar-refractivity contribution in [3.8, 4) is 0 Å². The molecule has 120 valence electrons. The van der Waals surface area contributed by atoms with Gasteiger partial charge in [-0.05, 0) is 29.9 Å². The van der Waals surface area contributed by atoms with Crippen LogP contribution in [-0.4, -0.2) is 23.5 Å². The van der Waals surface area contributed by atoms with Crippen molar-refractivity contribution in [2.24, 2.45) is 0 Å². The molecule has 0 aliphatic rings. The number of hydrogen-bond donors (Lipinski definition) is 2. The van der Waals surface area contributed by atoms with E-state index in [9.17, 15) is 9.59 Å². The Morgan fingerprint density at radius 2 is 1.86 bits per heavy atom. The van der Waals surface area contributed by atoms with Crippen LogP contribution in [0.3, 0.4) is 0 Å². The van der Waals surface area contributed by atoms with Gasteiger partial charge in [0.15, 0.2) is 0 Å². The smallest absolute Gasteiger partial charge is 0.303 e. The molecular formula is C18H25NO3. The normalized spacial score (nSPS) is 11.0. The van der Waals surface area contributed by atoms with Crippen LogP contribution in [0.4, 0.5) is 0 Å². The fourth-order valence-electron chi connectivity index (χ4n) is 2.00. The Hall–Kier alpha value is -2.10. The SMILES string of the molecule is CC(C)c1ccc(/C=C/CC(=O)NCCCCC(=O)O)cc1. The van der Waals surface area contributed by atoms with Gasteiger partial charge in [0.2, 0.25) is 5.91 Å². The molecule has 0 saturated carbocycles. The van der Waals surface area contributed by atoms with E-state index in [4.69, 9.17) is 5.11 Å². The maximum absolute atomic E-state index is 11.6. The van der Waals surface area contributed by atoms with Crippen molar-refractivity contribution in [2.75, 3.05) is 6.54 Å². The molecule has 0 atom stereocenters. The Morgan fingerprint density at radius 1 is 1.18 bits per heavy atom. The number of benzene rings is 1. The molecule has 1 aromatic carbocycles. The summed E-state index contributed by atoms with van der Waals surface area (Å²) in [6.45, 7) is 4.85. The Bertz CT molecular complexity index is 504. The van der Waals surface area contributed by atoms with E-state index >= 15 is 0 Å². The summed E-state index contributed by atoms with van der Waals surface area (Å²) < 4.78 is 0. The minimum atomic E-state index is -0.794. The number of carbonyl (C=O) groups is 2. The van der Waals surface area contributed by atoms with Crippen molar-refractivity contribution >= 4 is 18.0 Å². The quantitative estimate of drug-likeness (QED) is 0.685. The average molecular weight is 303 g/mol. The highest BCUT2D eigenvalue weighted by Crippen LogP contribution is 2.15. The van der Waals surface area contributed by atoms with Crippen molar-refractivity contribution in [3.05, 3.63) is 41.5 Å². The number of carboxylic acids is 1. The lowest BCUT2D eigenvalue weighted by atomic mass is 10.0. The van der Waals surface area contributed by atoms with Crippen LogP contribution in [0, 0.1) is 0 Å². The maximum atomic E-state index is 11.6. The fraction of sp³-hybridized carbons (Fsp3) is 0.444. The Labute approximate surface area is 132 Å².